The van der Waals surface area contributed by atoms with Gasteiger partial charge in [0.05, 0.1) is 13.1 Å². The molecule has 1 aliphatic heterocycles. The Bertz CT molecular complexity index is 448. The number of carbonyl (C=O) groups excluding carboxylic acids is 2. The Kier molecular flexibility index (Phi) is 2.91. The van der Waals surface area contributed by atoms with E-state index in [4.69, 9.17) is 0 Å². The molecule has 2 rings (SSSR count). The van der Waals surface area contributed by atoms with Gasteiger partial charge in [-0.05, 0) is 12.1 Å². The maximum absolute atomic E-state index is 13.5. The van der Waals surface area contributed by atoms with Crippen LogP contribution in [0.5, 0.6) is 0 Å². The minimum atomic E-state index is -0.479. The molecule has 1 fully saturated rings. The van der Waals surface area contributed by atoms with Gasteiger partial charge in [-0.2, -0.15) is 0 Å². The molecule has 4 nitrogen and oxygen atoms in total. The topological polar surface area (TPSA) is 49.4 Å². The number of urea groups is 1. The van der Waals surface area contributed by atoms with E-state index in [0.29, 0.717) is 10.0 Å². The molecule has 0 aromatic heterocycles. The van der Waals surface area contributed by atoms with Crippen molar-refractivity contribution in [3.63, 3.8) is 0 Å². The SMILES string of the molecule is O=C1CNC(=O)N1Cc1ccc(Br)cc1F. The summed E-state index contributed by atoms with van der Waals surface area (Å²) in [5, 5.41) is 2.38. The quantitative estimate of drug-likeness (QED) is 0.841. The van der Waals surface area contributed by atoms with E-state index in [1.165, 1.54) is 12.1 Å². The summed E-state index contributed by atoms with van der Waals surface area (Å²) < 4.78 is 14.1. The van der Waals surface area contributed by atoms with Crippen molar-refractivity contribution in [2.75, 3.05) is 6.54 Å². The van der Waals surface area contributed by atoms with Crippen LogP contribution >= 0.6 is 15.9 Å². The van der Waals surface area contributed by atoms with Gasteiger partial charge < -0.3 is 5.32 Å². The van der Waals surface area contributed by atoms with E-state index >= 15 is 0 Å². The van der Waals surface area contributed by atoms with Gasteiger partial charge in [-0.15, -0.1) is 0 Å². The van der Waals surface area contributed by atoms with Gasteiger partial charge in [0.25, 0.3) is 0 Å². The van der Waals surface area contributed by atoms with Crippen molar-refractivity contribution in [3.8, 4) is 0 Å². The molecule has 16 heavy (non-hydrogen) atoms. The number of amides is 3. The zero-order valence-electron chi connectivity index (χ0n) is 8.17. The summed E-state index contributed by atoms with van der Waals surface area (Å²) >= 11 is 3.13. The molecule has 1 aliphatic rings. The Morgan fingerprint density at radius 3 is 2.75 bits per heavy atom. The molecule has 0 aliphatic carbocycles. The maximum Gasteiger partial charge on any atom is 0.324 e. The number of imide groups is 1. The first-order chi connectivity index (χ1) is 7.58. The second-order valence-electron chi connectivity index (χ2n) is 3.37. The summed E-state index contributed by atoms with van der Waals surface area (Å²) in [5.74, 6) is -0.783. The first kappa shape index (κ1) is 11.1. The third kappa shape index (κ3) is 2.06. The lowest BCUT2D eigenvalue weighted by Crippen LogP contribution is -2.30. The molecular weight excluding hydrogens is 279 g/mol. The molecule has 0 atom stereocenters. The predicted octanol–water partition coefficient (Wildman–Crippen LogP) is 1.64. The molecule has 0 unspecified atom stereocenters. The molecule has 1 saturated heterocycles. The van der Waals surface area contributed by atoms with E-state index in [1.807, 2.05) is 0 Å². The van der Waals surface area contributed by atoms with Gasteiger partial charge in [0.1, 0.15) is 5.82 Å². The number of hydrogen-bond donors (Lipinski definition) is 1. The smallest absolute Gasteiger partial charge is 0.324 e. The van der Waals surface area contributed by atoms with Gasteiger partial charge >= 0.3 is 6.03 Å². The van der Waals surface area contributed by atoms with Crippen molar-refractivity contribution in [2.24, 2.45) is 0 Å². The summed E-state index contributed by atoms with van der Waals surface area (Å²) in [6.45, 7) is -0.0548. The first-order valence-electron chi connectivity index (χ1n) is 4.60. The van der Waals surface area contributed by atoms with Crippen LogP contribution in [0.3, 0.4) is 0 Å². The number of halogens is 2. The number of carbonyl (C=O) groups is 2. The fourth-order valence-corrected chi connectivity index (χ4v) is 1.77. The highest BCUT2D eigenvalue weighted by atomic mass is 79.9. The van der Waals surface area contributed by atoms with Crippen molar-refractivity contribution in [3.05, 3.63) is 34.1 Å². The highest BCUT2D eigenvalue weighted by molar-refractivity contribution is 9.10. The number of nitrogens with one attached hydrogen (secondary N) is 1. The van der Waals surface area contributed by atoms with E-state index in [9.17, 15) is 14.0 Å². The molecule has 6 heteroatoms. The van der Waals surface area contributed by atoms with Crippen LogP contribution in [-0.2, 0) is 11.3 Å². The standard InChI is InChI=1S/C10H8BrFN2O2/c11-7-2-1-6(8(12)3-7)5-14-9(15)4-13-10(14)16/h1-3H,4-5H2,(H,13,16). The number of hydrogen-bond acceptors (Lipinski definition) is 2. The highest BCUT2D eigenvalue weighted by Gasteiger charge is 2.28. The monoisotopic (exact) mass is 286 g/mol. The normalized spacial score (nSPS) is 15.5. The Labute approximate surface area is 99.6 Å². The number of benzene rings is 1. The second kappa shape index (κ2) is 4.21. The van der Waals surface area contributed by atoms with Crippen molar-refractivity contribution in [2.45, 2.75) is 6.54 Å². The van der Waals surface area contributed by atoms with Crippen LogP contribution in [0, 0.1) is 5.82 Å². The second-order valence-corrected chi connectivity index (χ2v) is 4.29. The fraction of sp³-hybridized carbons (Fsp3) is 0.200. The Balaban J connectivity index is 2.20. The molecule has 0 saturated carbocycles. The van der Waals surface area contributed by atoms with Crippen LogP contribution in [0.25, 0.3) is 0 Å². The summed E-state index contributed by atoms with van der Waals surface area (Å²) in [6, 6.07) is 4.02. The third-order valence-corrected chi connectivity index (χ3v) is 2.77. The summed E-state index contributed by atoms with van der Waals surface area (Å²) in [7, 11) is 0. The Morgan fingerprint density at radius 2 is 2.19 bits per heavy atom. The van der Waals surface area contributed by atoms with Gasteiger partial charge in [0, 0.05) is 10.0 Å². The molecule has 84 valence electrons. The van der Waals surface area contributed by atoms with E-state index in [-0.39, 0.29) is 19.0 Å². The average molecular weight is 287 g/mol. The summed E-state index contributed by atoms with van der Waals surface area (Å²) in [5.41, 5.74) is 0.314. The third-order valence-electron chi connectivity index (χ3n) is 2.28. The molecule has 1 heterocycles. The van der Waals surface area contributed by atoms with Gasteiger partial charge in [0.15, 0.2) is 0 Å². The van der Waals surface area contributed by atoms with Gasteiger partial charge in [-0.3, -0.25) is 9.69 Å². The van der Waals surface area contributed by atoms with Gasteiger partial charge in [0.2, 0.25) is 5.91 Å². The van der Waals surface area contributed by atoms with Crippen LogP contribution in [0.4, 0.5) is 9.18 Å². The molecule has 1 N–H and O–H groups in total. The van der Waals surface area contributed by atoms with E-state index < -0.39 is 11.8 Å². The van der Waals surface area contributed by atoms with E-state index in [2.05, 4.69) is 21.2 Å². The zero-order valence-corrected chi connectivity index (χ0v) is 9.75. The molecule has 0 bridgehead atoms. The van der Waals surface area contributed by atoms with Crippen LogP contribution in [0.2, 0.25) is 0 Å². The molecule has 3 amide bonds. The number of nitrogens with zero attached hydrogens (tertiary/aromatic N) is 1. The minimum Gasteiger partial charge on any atom is -0.329 e. The molecule has 0 radical (unpaired) electrons. The van der Waals surface area contributed by atoms with E-state index in [1.54, 1.807) is 6.07 Å². The van der Waals surface area contributed by atoms with Gasteiger partial charge in [-0.25, -0.2) is 9.18 Å². The van der Waals surface area contributed by atoms with Crippen molar-refractivity contribution >= 4 is 27.9 Å². The predicted molar refractivity (Wildman–Crippen MR) is 58.0 cm³/mol. The lowest BCUT2D eigenvalue weighted by molar-refractivity contribution is -0.125. The highest BCUT2D eigenvalue weighted by Crippen LogP contribution is 2.17. The van der Waals surface area contributed by atoms with Crippen LogP contribution in [0.15, 0.2) is 22.7 Å². The molecule has 1 aromatic rings. The van der Waals surface area contributed by atoms with Crippen molar-refractivity contribution < 1.29 is 14.0 Å². The summed E-state index contributed by atoms with van der Waals surface area (Å²) in [4.78, 5) is 23.5. The van der Waals surface area contributed by atoms with E-state index in [0.717, 1.165) is 4.90 Å². The Hall–Kier alpha value is -1.43. The van der Waals surface area contributed by atoms with Crippen molar-refractivity contribution in [1.29, 1.82) is 0 Å². The molecule has 0 spiro atoms. The average Bonchev–Trinajstić information content (AvgIpc) is 2.53. The fourth-order valence-electron chi connectivity index (χ4n) is 1.44. The van der Waals surface area contributed by atoms with Crippen molar-refractivity contribution in [1.82, 2.24) is 10.2 Å². The number of rotatable bonds is 2. The Morgan fingerprint density at radius 1 is 1.44 bits per heavy atom. The van der Waals surface area contributed by atoms with Crippen LogP contribution < -0.4 is 5.32 Å². The largest absolute Gasteiger partial charge is 0.329 e. The zero-order chi connectivity index (χ0) is 11.7. The molecular formula is C10H8BrFN2O2. The maximum atomic E-state index is 13.5. The first-order valence-corrected chi connectivity index (χ1v) is 5.39. The lowest BCUT2D eigenvalue weighted by Gasteiger charge is -2.12. The molecule has 1 aromatic carbocycles. The van der Waals surface area contributed by atoms with Gasteiger partial charge in [-0.1, -0.05) is 22.0 Å². The van der Waals surface area contributed by atoms with Crippen LogP contribution in [-0.4, -0.2) is 23.4 Å². The van der Waals surface area contributed by atoms with Crippen LogP contribution in [0.1, 0.15) is 5.56 Å². The summed E-state index contributed by atoms with van der Waals surface area (Å²) in [6.07, 6.45) is 0. The minimum absolute atomic E-state index is 0.0169. The lowest BCUT2D eigenvalue weighted by atomic mass is 10.2.